The second-order valence-corrected chi connectivity index (χ2v) is 8.99. The van der Waals surface area contributed by atoms with E-state index in [0.717, 1.165) is 22.5 Å². The Bertz CT molecular complexity index is 1360. The summed E-state index contributed by atoms with van der Waals surface area (Å²) in [6.07, 6.45) is 1.12. The van der Waals surface area contributed by atoms with Crippen LogP contribution in [0.4, 0.5) is 17.5 Å². The van der Waals surface area contributed by atoms with Crippen LogP contribution >= 0.6 is 11.6 Å². The van der Waals surface area contributed by atoms with E-state index >= 15 is 0 Å². The molecule has 1 unspecified atom stereocenters. The van der Waals surface area contributed by atoms with Crippen LogP contribution < -0.4 is 10.6 Å². The molecule has 5 rings (SSSR count). The highest BCUT2D eigenvalue weighted by molar-refractivity contribution is 6.30. The van der Waals surface area contributed by atoms with Crippen LogP contribution in [0.25, 0.3) is 5.78 Å². The number of aliphatic carboxylic acids is 1. The molecule has 8 nitrogen and oxygen atoms in total. The van der Waals surface area contributed by atoms with Gasteiger partial charge in [-0.15, -0.1) is 5.10 Å². The standard InChI is InChI=1S/C24H23ClN6O2/c1-14-8-9-17(25)11-19(14)27-22-28-23-26-15(2)10-20(31(23)30-22)29-24(13-18(24)21(32)33)12-16-6-4-3-5-7-16/h3-11,18,29H,12-13H2,1-2H3,(H,27,30)(H,32,33)/t18-,24?/m1/s1. The van der Waals surface area contributed by atoms with Crippen molar-refractivity contribution in [1.29, 1.82) is 0 Å². The molecule has 0 aliphatic heterocycles. The predicted octanol–water partition coefficient (Wildman–Crippen LogP) is 4.64. The number of anilines is 3. The number of nitrogens with one attached hydrogen (secondary N) is 2. The number of carboxylic acids is 1. The third kappa shape index (κ3) is 4.21. The fourth-order valence-electron chi connectivity index (χ4n) is 4.20. The molecule has 2 heterocycles. The molecule has 1 saturated carbocycles. The summed E-state index contributed by atoms with van der Waals surface area (Å²) in [7, 11) is 0. The largest absolute Gasteiger partial charge is 0.481 e. The lowest BCUT2D eigenvalue weighted by Crippen LogP contribution is -2.31. The van der Waals surface area contributed by atoms with Crippen LogP contribution in [0.5, 0.6) is 0 Å². The second-order valence-electron chi connectivity index (χ2n) is 8.55. The number of aryl methyl sites for hydroxylation is 2. The van der Waals surface area contributed by atoms with Crippen LogP contribution in [-0.2, 0) is 11.2 Å². The van der Waals surface area contributed by atoms with Gasteiger partial charge < -0.3 is 15.7 Å². The van der Waals surface area contributed by atoms with Gasteiger partial charge in [-0.3, -0.25) is 4.79 Å². The van der Waals surface area contributed by atoms with E-state index in [1.165, 1.54) is 0 Å². The van der Waals surface area contributed by atoms with Crippen LogP contribution in [-0.4, -0.2) is 36.2 Å². The van der Waals surface area contributed by atoms with E-state index in [1.54, 1.807) is 4.52 Å². The normalized spacial score (nSPS) is 19.4. The minimum Gasteiger partial charge on any atom is -0.481 e. The number of rotatable bonds is 7. The quantitative estimate of drug-likeness (QED) is 0.367. The van der Waals surface area contributed by atoms with Crippen molar-refractivity contribution in [3.63, 3.8) is 0 Å². The second kappa shape index (κ2) is 8.04. The van der Waals surface area contributed by atoms with Crippen molar-refractivity contribution < 1.29 is 9.90 Å². The highest BCUT2D eigenvalue weighted by Crippen LogP contribution is 2.48. The van der Waals surface area contributed by atoms with E-state index in [2.05, 4.69) is 25.7 Å². The topological polar surface area (TPSA) is 104 Å². The molecule has 3 N–H and O–H groups in total. The van der Waals surface area contributed by atoms with Gasteiger partial charge in [-0.25, -0.2) is 4.98 Å². The Morgan fingerprint density at radius 2 is 1.97 bits per heavy atom. The van der Waals surface area contributed by atoms with Gasteiger partial charge >= 0.3 is 5.97 Å². The van der Waals surface area contributed by atoms with Crippen LogP contribution in [0.15, 0.2) is 54.6 Å². The molecule has 0 amide bonds. The van der Waals surface area contributed by atoms with Crippen molar-refractivity contribution in [2.75, 3.05) is 10.6 Å². The third-order valence-corrected chi connectivity index (χ3v) is 6.23. The Labute approximate surface area is 195 Å². The predicted molar refractivity (Wildman–Crippen MR) is 127 cm³/mol. The van der Waals surface area contributed by atoms with Gasteiger partial charge in [0.25, 0.3) is 5.78 Å². The number of hydrogen-bond acceptors (Lipinski definition) is 6. The van der Waals surface area contributed by atoms with Gasteiger partial charge in [-0.05, 0) is 49.9 Å². The zero-order chi connectivity index (χ0) is 23.2. The fourth-order valence-corrected chi connectivity index (χ4v) is 4.37. The molecule has 33 heavy (non-hydrogen) atoms. The number of hydrogen-bond donors (Lipinski definition) is 3. The molecule has 9 heteroatoms. The van der Waals surface area contributed by atoms with Crippen molar-refractivity contribution in [3.05, 3.63) is 76.4 Å². The summed E-state index contributed by atoms with van der Waals surface area (Å²) < 4.78 is 1.61. The highest BCUT2D eigenvalue weighted by atomic mass is 35.5. The van der Waals surface area contributed by atoms with Gasteiger partial charge in [0.1, 0.15) is 5.82 Å². The van der Waals surface area contributed by atoms with Gasteiger partial charge in [-0.1, -0.05) is 48.0 Å². The summed E-state index contributed by atoms with van der Waals surface area (Å²) in [5, 5.41) is 21.6. The number of fused-ring (bicyclic) bond motifs is 1. The lowest BCUT2D eigenvalue weighted by atomic mass is 10.0. The number of carbonyl (C=O) groups is 1. The first kappa shape index (κ1) is 21.2. The molecule has 0 spiro atoms. The number of carboxylic acid groups (broad SMARTS) is 1. The van der Waals surface area contributed by atoms with Crippen molar-refractivity contribution in [1.82, 2.24) is 19.6 Å². The Morgan fingerprint density at radius 1 is 1.18 bits per heavy atom. The molecule has 2 atom stereocenters. The molecule has 168 valence electrons. The van der Waals surface area contributed by atoms with Gasteiger partial charge in [-0.2, -0.15) is 9.50 Å². The van der Waals surface area contributed by atoms with Crippen LogP contribution in [0.2, 0.25) is 5.02 Å². The first-order chi connectivity index (χ1) is 15.8. The number of halogens is 1. The fraction of sp³-hybridized carbons (Fsp3) is 0.250. The first-order valence-corrected chi connectivity index (χ1v) is 11.0. The zero-order valence-corrected chi connectivity index (χ0v) is 19.0. The number of benzene rings is 2. The molecular weight excluding hydrogens is 440 g/mol. The first-order valence-electron chi connectivity index (χ1n) is 10.7. The van der Waals surface area contributed by atoms with Crippen LogP contribution in [0, 0.1) is 19.8 Å². The molecular formula is C24H23ClN6O2. The van der Waals surface area contributed by atoms with Gasteiger partial charge in [0.15, 0.2) is 0 Å². The van der Waals surface area contributed by atoms with E-state index in [9.17, 15) is 9.90 Å². The maximum absolute atomic E-state index is 11.8. The van der Waals surface area contributed by atoms with E-state index < -0.39 is 17.4 Å². The Balaban J connectivity index is 1.49. The third-order valence-electron chi connectivity index (χ3n) is 6.00. The Hall–Kier alpha value is -3.65. The summed E-state index contributed by atoms with van der Waals surface area (Å²) in [5.74, 6) is 0.154. The average molecular weight is 463 g/mol. The number of nitrogens with zero attached hydrogens (tertiary/aromatic N) is 4. The van der Waals surface area contributed by atoms with E-state index in [1.807, 2.05) is 68.4 Å². The van der Waals surface area contributed by atoms with E-state index in [-0.39, 0.29) is 0 Å². The molecule has 1 aliphatic rings. The zero-order valence-electron chi connectivity index (χ0n) is 18.2. The van der Waals surface area contributed by atoms with Crippen molar-refractivity contribution in [3.8, 4) is 0 Å². The maximum atomic E-state index is 11.8. The Kier molecular flexibility index (Phi) is 5.17. The summed E-state index contributed by atoms with van der Waals surface area (Å²) in [4.78, 5) is 20.9. The molecule has 1 fully saturated rings. The average Bonchev–Trinajstić information content (AvgIpc) is 3.31. The summed E-state index contributed by atoms with van der Waals surface area (Å²) in [5.41, 5.74) is 3.04. The van der Waals surface area contributed by atoms with Crippen molar-refractivity contribution in [2.24, 2.45) is 5.92 Å². The Morgan fingerprint density at radius 3 is 2.70 bits per heavy atom. The lowest BCUT2D eigenvalue weighted by molar-refractivity contribution is -0.138. The van der Waals surface area contributed by atoms with Crippen LogP contribution in [0.3, 0.4) is 0 Å². The van der Waals surface area contributed by atoms with Gasteiger partial charge in [0.05, 0.1) is 11.5 Å². The van der Waals surface area contributed by atoms with E-state index in [4.69, 9.17) is 11.6 Å². The summed E-state index contributed by atoms with van der Waals surface area (Å²) in [6, 6.07) is 17.3. The molecule has 4 aromatic rings. The molecule has 0 bridgehead atoms. The highest BCUT2D eigenvalue weighted by Gasteiger charge is 2.59. The molecule has 0 saturated heterocycles. The minimum atomic E-state index is -0.808. The minimum absolute atomic E-state index is 0.379. The SMILES string of the molecule is Cc1cc(NC2(Cc3ccccc3)C[C@@H]2C(=O)O)n2nc(Nc3cc(Cl)ccc3C)nc2n1. The molecule has 1 aliphatic carbocycles. The number of aromatic nitrogens is 4. The lowest BCUT2D eigenvalue weighted by Gasteiger charge is -2.20. The molecule has 2 aromatic carbocycles. The van der Waals surface area contributed by atoms with E-state index in [0.29, 0.717) is 35.4 Å². The van der Waals surface area contributed by atoms with Crippen molar-refractivity contribution >= 4 is 40.8 Å². The van der Waals surface area contributed by atoms with Gasteiger partial charge in [0.2, 0.25) is 5.95 Å². The summed E-state index contributed by atoms with van der Waals surface area (Å²) in [6.45, 7) is 3.84. The van der Waals surface area contributed by atoms with Crippen LogP contribution in [0.1, 0.15) is 23.2 Å². The molecule has 0 radical (unpaired) electrons. The monoisotopic (exact) mass is 462 g/mol. The van der Waals surface area contributed by atoms with Crippen molar-refractivity contribution in [2.45, 2.75) is 32.2 Å². The summed E-state index contributed by atoms with van der Waals surface area (Å²) >= 11 is 6.14. The molecule has 2 aromatic heterocycles. The maximum Gasteiger partial charge on any atom is 0.308 e. The van der Waals surface area contributed by atoms with Gasteiger partial charge in [0, 0.05) is 22.5 Å². The smallest absolute Gasteiger partial charge is 0.308 e.